The third-order valence-corrected chi connectivity index (χ3v) is 4.58. The van der Waals surface area contributed by atoms with E-state index in [0.717, 1.165) is 11.8 Å². The summed E-state index contributed by atoms with van der Waals surface area (Å²) in [6.45, 7) is 7.06. The van der Waals surface area contributed by atoms with Crippen LogP contribution in [0.25, 0.3) is 0 Å². The van der Waals surface area contributed by atoms with Crippen LogP contribution in [0.15, 0.2) is 0 Å². The number of unbranched alkanes of at least 4 members (excludes halogenated alkanes) is 4. The highest BCUT2D eigenvalue weighted by atomic mass is 14.9. The molecule has 1 fully saturated rings. The van der Waals surface area contributed by atoms with Gasteiger partial charge in [0.2, 0.25) is 0 Å². The summed E-state index contributed by atoms with van der Waals surface area (Å²) in [6, 6.07) is 0. The highest BCUT2D eigenvalue weighted by Crippen LogP contribution is 2.33. The summed E-state index contributed by atoms with van der Waals surface area (Å²) in [5.41, 5.74) is 0. The Bertz CT molecular complexity index is 172. The van der Waals surface area contributed by atoms with E-state index in [0.29, 0.717) is 0 Å². The van der Waals surface area contributed by atoms with Gasteiger partial charge in [-0.3, -0.25) is 0 Å². The predicted octanol–water partition coefficient (Wildman–Crippen LogP) is 5.15. The Hall–Kier alpha value is -0.0400. The topological polar surface area (TPSA) is 12.0 Å². The van der Waals surface area contributed by atoms with E-state index >= 15 is 0 Å². The fourth-order valence-electron chi connectivity index (χ4n) is 3.41. The van der Waals surface area contributed by atoms with Crippen LogP contribution in [0.3, 0.4) is 0 Å². The molecule has 1 atom stereocenters. The van der Waals surface area contributed by atoms with E-state index in [9.17, 15) is 0 Å². The summed E-state index contributed by atoms with van der Waals surface area (Å²) in [5.74, 6) is 2.02. The van der Waals surface area contributed by atoms with E-state index in [1.165, 1.54) is 83.7 Å². The molecule has 0 aromatic rings. The molecule has 0 amide bonds. The number of rotatable bonds is 11. The van der Waals surface area contributed by atoms with Crippen molar-refractivity contribution in [2.75, 3.05) is 13.1 Å². The van der Waals surface area contributed by atoms with Crippen molar-refractivity contribution < 1.29 is 0 Å². The second-order valence-electron chi connectivity index (χ2n) is 6.21. The van der Waals surface area contributed by atoms with Crippen LogP contribution in [0, 0.1) is 11.8 Å². The molecule has 0 heterocycles. The first-order valence-electron chi connectivity index (χ1n) is 8.59. The maximum Gasteiger partial charge on any atom is -0.00179 e. The van der Waals surface area contributed by atoms with Crippen LogP contribution >= 0.6 is 0 Å². The number of hydrogen-bond acceptors (Lipinski definition) is 1. The normalized spacial score (nSPS) is 18.3. The lowest BCUT2D eigenvalue weighted by Gasteiger charge is -2.24. The Kier molecular flexibility index (Phi) is 9.65. The second-order valence-corrected chi connectivity index (χ2v) is 6.21. The Balaban J connectivity index is 2.16. The third kappa shape index (κ3) is 6.78. The van der Waals surface area contributed by atoms with E-state index in [-0.39, 0.29) is 0 Å². The summed E-state index contributed by atoms with van der Waals surface area (Å²) in [7, 11) is 0. The van der Waals surface area contributed by atoms with Crippen LogP contribution in [-0.4, -0.2) is 13.1 Å². The molecule has 1 saturated carbocycles. The Morgan fingerprint density at radius 1 is 0.944 bits per heavy atom. The monoisotopic (exact) mass is 253 g/mol. The van der Waals surface area contributed by atoms with E-state index < -0.39 is 0 Å². The zero-order valence-corrected chi connectivity index (χ0v) is 12.8. The van der Waals surface area contributed by atoms with Gasteiger partial charge in [0.25, 0.3) is 0 Å². The van der Waals surface area contributed by atoms with Crippen LogP contribution in [0.2, 0.25) is 0 Å². The SMILES string of the molecule is CCCCCCCC(CNCCC)C1CCCC1. The van der Waals surface area contributed by atoms with Crippen LogP contribution < -0.4 is 5.32 Å². The van der Waals surface area contributed by atoms with E-state index in [1.54, 1.807) is 0 Å². The van der Waals surface area contributed by atoms with Crippen molar-refractivity contribution in [3.05, 3.63) is 0 Å². The summed E-state index contributed by atoms with van der Waals surface area (Å²) in [5, 5.41) is 3.66. The molecule has 1 aliphatic carbocycles. The van der Waals surface area contributed by atoms with Crippen molar-refractivity contribution in [3.63, 3.8) is 0 Å². The molecule has 0 radical (unpaired) electrons. The molecule has 1 heteroatoms. The Morgan fingerprint density at radius 2 is 1.67 bits per heavy atom. The van der Waals surface area contributed by atoms with Gasteiger partial charge in [-0.25, -0.2) is 0 Å². The average Bonchev–Trinajstić information content (AvgIpc) is 2.90. The maximum atomic E-state index is 3.66. The Morgan fingerprint density at radius 3 is 2.33 bits per heavy atom. The first-order chi connectivity index (χ1) is 8.88. The van der Waals surface area contributed by atoms with Gasteiger partial charge in [0, 0.05) is 0 Å². The molecule has 1 nitrogen and oxygen atoms in total. The minimum atomic E-state index is 0.973. The third-order valence-electron chi connectivity index (χ3n) is 4.58. The lowest BCUT2D eigenvalue weighted by molar-refractivity contribution is 0.295. The average molecular weight is 253 g/mol. The molecule has 1 unspecified atom stereocenters. The van der Waals surface area contributed by atoms with E-state index in [1.807, 2.05) is 0 Å². The van der Waals surface area contributed by atoms with Crippen molar-refractivity contribution in [3.8, 4) is 0 Å². The Labute approximate surface area is 115 Å². The molecule has 0 aromatic heterocycles. The van der Waals surface area contributed by atoms with Gasteiger partial charge in [-0.1, -0.05) is 71.6 Å². The smallest absolute Gasteiger partial charge is 0.00179 e. The zero-order chi connectivity index (χ0) is 13.1. The maximum absolute atomic E-state index is 3.66. The molecule has 1 N–H and O–H groups in total. The molecule has 108 valence electrons. The van der Waals surface area contributed by atoms with Gasteiger partial charge < -0.3 is 5.32 Å². The molecule has 0 spiro atoms. The minimum absolute atomic E-state index is 0.973. The van der Waals surface area contributed by atoms with Crippen LogP contribution in [-0.2, 0) is 0 Å². The van der Waals surface area contributed by atoms with Crippen LogP contribution in [0.4, 0.5) is 0 Å². The molecule has 0 aliphatic heterocycles. The van der Waals surface area contributed by atoms with Gasteiger partial charge in [0.1, 0.15) is 0 Å². The molecule has 0 aromatic carbocycles. The lowest BCUT2D eigenvalue weighted by Crippen LogP contribution is -2.28. The van der Waals surface area contributed by atoms with Gasteiger partial charge in [0.15, 0.2) is 0 Å². The quantitative estimate of drug-likeness (QED) is 0.502. The van der Waals surface area contributed by atoms with Crippen LogP contribution in [0.1, 0.15) is 84.5 Å². The fourth-order valence-corrected chi connectivity index (χ4v) is 3.41. The summed E-state index contributed by atoms with van der Waals surface area (Å²) >= 11 is 0. The van der Waals surface area contributed by atoms with Crippen molar-refractivity contribution >= 4 is 0 Å². The minimum Gasteiger partial charge on any atom is -0.316 e. The number of nitrogens with one attached hydrogen (secondary N) is 1. The molecule has 0 bridgehead atoms. The largest absolute Gasteiger partial charge is 0.316 e. The number of hydrogen-bond donors (Lipinski definition) is 1. The zero-order valence-electron chi connectivity index (χ0n) is 12.8. The fraction of sp³-hybridized carbons (Fsp3) is 1.00. The molecule has 18 heavy (non-hydrogen) atoms. The first-order valence-corrected chi connectivity index (χ1v) is 8.59. The first kappa shape index (κ1) is 16.0. The van der Waals surface area contributed by atoms with Gasteiger partial charge in [-0.15, -0.1) is 0 Å². The van der Waals surface area contributed by atoms with Crippen LogP contribution in [0.5, 0.6) is 0 Å². The van der Waals surface area contributed by atoms with E-state index in [2.05, 4.69) is 19.2 Å². The molecule has 1 rings (SSSR count). The van der Waals surface area contributed by atoms with Crippen molar-refractivity contribution in [2.24, 2.45) is 11.8 Å². The van der Waals surface area contributed by atoms with Crippen molar-refractivity contribution in [2.45, 2.75) is 84.5 Å². The second kappa shape index (κ2) is 10.8. The summed E-state index contributed by atoms with van der Waals surface area (Å²) < 4.78 is 0. The standard InChI is InChI=1S/C17H35N/c1-3-5-6-7-8-13-17(15-18-14-4-2)16-11-9-10-12-16/h16-18H,3-15H2,1-2H3. The van der Waals surface area contributed by atoms with Gasteiger partial charge >= 0.3 is 0 Å². The van der Waals surface area contributed by atoms with E-state index in [4.69, 9.17) is 0 Å². The summed E-state index contributed by atoms with van der Waals surface area (Å²) in [6.07, 6.45) is 15.9. The van der Waals surface area contributed by atoms with Gasteiger partial charge in [0.05, 0.1) is 0 Å². The molecular formula is C17H35N. The van der Waals surface area contributed by atoms with Gasteiger partial charge in [-0.2, -0.15) is 0 Å². The predicted molar refractivity (Wildman–Crippen MR) is 82.0 cm³/mol. The highest BCUT2D eigenvalue weighted by Gasteiger charge is 2.24. The molecule has 1 aliphatic rings. The molecule has 0 saturated heterocycles. The van der Waals surface area contributed by atoms with Crippen molar-refractivity contribution in [1.29, 1.82) is 0 Å². The van der Waals surface area contributed by atoms with Gasteiger partial charge in [-0.05, 0) is 37.8 Å². The lowest BCUT2D eigenvalue weighted by atomic mass is 9.86. The highest BCUT2D eigenvalue weighted by molar-refractivity contribution is 4.77. The molecular weight excluding hydrogens is 218 g/mol. The summed E-state index contributed by atoms with van der Waals surface area (Å²) in [4.78, 5) is 0. The van der Waals surface area contributed by atoms with Crippen molar-refractivity contribution in [1.82, 2.24) is 5.32 Å².